The van der Waals surface area contributed by atoms with Crippen LogP contribution < -0.4 is 5.23 Å². The summed E-state index contributed by atoms with van der Waals surface area (Å²) in [4.78, 5) is 0. The molecule has 1 aromatic carbocycles. The summed E-state index contributed by atoms with van der Waals surface area (Å²) < 4.78 is 25.3. The van der Waals surface area contributed by atoms with E-state index in [1.54, 1.807) is 0 Å². The molecule has 1 fully saturated rings. The maximum Gasteiger partial charge on any atom is 0.159 e. The van der Waals surface area contributed by atoms with Gasteiger partial charge in [-0.2, -0.15) is 0 Å². The van der Waals surface area contributed by atoms with E-state index in [2.05, 4.69) is 0 Å². The van der Waals surface area contributed by atoms with Crippen molar-refractivity contribution in [1.82, 2.24) is 0 Å². The van der Waals surface area contributed by atoms with Crippen LogP contribution in [-0.2, 0) is 0 Å². The number of hydrogen-bond acceptors (Lipinski definition) is 2. The highest BCUT2D eigenvalue weighted by Crippen LogP contribution is 2.38. The average Bonchev–Trinajstić information content (AvgIpc) is 2.89. The molecule has 0 aromatic heterocycles. The molecular formula is C9H9F2NO2. The molecule has 0 saturated heterocycles. The molecule has 76 valence electrons. The monoisotopic (exact) mass is 201 g/mol. The first-order valence-corrected chi connectivity index (χ1v) is 4.27. The third-order valence-electron chi connectivity index (χ3n) is 2.48. The van der Waals surface area contributed by atoms with Crippen molar-refractivity contribution in [3.63, 3.8) is 0 Å². The van der Waals surface area contributed by atoms with Gasteiger partial charge >= 0.3 is 0 Å². The Labute approximate surface area is 79.1 Å². The summed E-state index contributed by atoms with van der Waals surface area (Å²) in [5.74, 6) is -1.97. The van der Waals surface area contributed by atoms with E-state index in [-0.39, 0.29) is 5.92 Å². The second kappa shape index (κ2) is 3.27. The summed E-state index contributed by atoms with van der Waals surface area (Å²) in [7, 11) is 0. The number of hydrogen-bond donors (Lipinski definition) is 2. The van der Waals surface area contributed by atoms with Crippen molar-refractivity contribution in [2.75, 3.05) is 0 Å². The Balaban J connectivity index is 2.16. The van der Waals surface area contributed by atoms with Gasteiger partial charge in [0.1, 0.15) is 6.04 Å². The Bertz CT molecular complexity index is 357. The lowest BCUT2D eigenvalue weighted by Crippen LogP contribution is -3.06. The molecule has 2 N–H and O–H groups in total. The van der Waals surface area contributed by atoms with E-state index in [0.29, 0.717) is 12.0 Å². The largest absolute Gasteiger partial charge is 0.600 e. The van der Waals surface area contributed by atoms with Crippen molar-refractivity contribution in [3.05, 3.63) is 40.6 Å². The predicted molar refractivity (Wildman–Crippen MR) is 43.6 cm³/mol. The topological polar surface area (TPSA) is 47.7 Å². The van der Waals surface area contributed by atoms with Crippen molar-refractivity contribution >= 4 is 0 Å². The minimum absolute atomic E-state index is 0.150. The number of hydroxylamine groups is 2. The Morgan fingerprint density at radius 1 is 1.36 bits per heavy atom. The summed E-state index contributed by atoms with van der Waals surface area (Å²) in [6.45, 7) is 0. The number of rotatable bonds is 2. The molecule has 5 heteroatoms. The quantitative estimate of drug-likeness (QED) is 0.688. The first-order valence-electron chi connectivity index (χ1n) is 4.27. The van der Waals surface area contributed by atoms with E-state index < -0.39 is 22.9 Å². The highest BCUT2D eigenvalue weighted by molar-refractivity contribution is 5.27. The number of halogens is 2. The van der Waals surface area contributed by atoms with E-state index in [4.69, 9.17) is 5.21 Å². The number of nitrogens with one attached hydrogen (secondary N) is 1. The van der Waals surface area contributed by atoms with Crippen LogP contribution in [0.5, 0.6) is 0 Å². The van der Waals surface area contributed by atoms with Crippen LogP contribution in [0.4, 0.5) is 8.78 Å². The third kappa shape index (κ3) is 1.61. The Morgan fingerprint density at radius 3 is 2.57 bits per heavy atom. The van der Waals surface area contributed by atoms with Gasteiger partial charge in [0.25, 0.3) is 0 Å². The Kier molecular flexibility index (Phi) is 2.22. The van der Waals surface area contributed by atoms with Crippen LogP contribution in [0.15, 0.2) is 18.2 Å². The SMILES string of the molecule is [O-][NH+](O)[C@H]1C[C@@H]1c1ccc(F)c(F)c1. The fourth-order valence-electron chi connectivity index (χ4n) is 1.58. The zero-order valence-electron chi connectivity index (χ0n) is 7.21. The van der Waals surface area contributed by atoms with Crippen molar-refractivity contribution in [3.8, 4) is 0 Å². The molecule has 1 aromatic rings. The zero-order chi connectivity index (χ0) is 10.3. The molecular weight excluding hydrogens is 192 g/mol. The van der Waals surface area contributed by atoms with Crippen LogP contribution in [0.2, 0.25) is 0 Å². The molecule has 1 saturated carbocycles. The second-order valence-corrected chi connectivity index (χ2v) is 3.46. The summed E-state index contributed by atoms with van der Waals surface area (Å²) in [6.07, 6.45) is 0.514. The lowest BCUT2D eigenvalue weighted by molar-refractivity contribution is -1.06. The van der Waals surface area contributed by atoms with Gasteiger partial charge in [-0.15, -0.1) is 0 Å². The van der Waals surface area contributed by atoms with Gasteiger partial charge in [0.2, 0.25) is 0 Å². The van der Waals surface area contributed by atoms with Crippen LogP contribution in [0.3, 0.4) is 0 Å². The fraction of sp³-hybridized carbons (Fsp3) is 0.333. The summed E-state index contributed by atoms with van der Waals surface area (Å²) >= 11 is 0. The van der Waals surface area contributed by atoms with Crippen molar-refractivity contribution in [2.45, 2.75) is 18.4 Å². The van der Waals surface area contributed by atoms with Crippen LogP contribution in [0.25, 0.3) is 0 Å². The predicted octanol–water partition coefficient (Wildman–Crippen LogP) is 0.593. The van der Waals surface area contributed by atoms with E-state index >= 15 is 0 Å². The van der Waals surface area contributed by atoms with Gasteiger partial charge in [-0.25, -0.2) is 19.2 Å². The molecule has 3 atom stereocenters. The lowest BCUT2D eigenvalue weighted by atomic mass is 10.1. The van der Waals surface area contributed by atoms with Gasteiger partial charge in [-0.1, -0.05) is 6.07 Å². The second-order valence-electron chi connectivity index (χ2n) is 3.46. The van der Waals surface area contributed by atoms with Crippen LogP contribution in [0.1, 0.15) is 17.9 Å². The summed E-state index contributed by atoms with van der Waals surface area (Å²) in [6, 6.07) is 3.11. The van der Waals surface area contributed by atoms with Crippen LogP contribution >= 0.6 is 0 Å². The molecule has 3 nitrogen and oxygen atoms in total. The minimum Gasteiger partial charge on any atom is -0.600 e. The molecule has 0 radical (unpaired) electrons. The molecule has 1 unspecified atom stereocenters. The van der Waals surface area contributed by atoms with Crippen molar-refractivity contribution in [1.29, 1.82) is 0 Å². The third-order valence-corrected chi connectivity index (χ3v) is 2.48. The first kappa shape index (κ1) is 9.51. The standard InChI is InChI=1S/C9H9F2NO2/c10-7-2-1-5(3-8(7)11)6-4-9(6)12(13)14/h1-3,6,9,12-13H,4H2/t6-,9+/m1/s1. The minimum atomic E-state index is -0.918. The zero-order valence-corrected chi connectivity index (χ0v) is 7.21. The van der Waals surface area contributed by atoms with Gasteiger partial charge in [0, 0.05) is 12.3 Å². The fourth-order valence-corrected chi connectivity index (χ4v) is 1.58. The normalized spacial score (nSPS) is 27.4. The van der Waals surface area contributed by atoms with Crippen LogP contribution in [0, 0.1) is 16.8 Å². The van der Waals surface area contributed by atoms with Gasteiger partial charge in [-0.3, -0.25) is 0 Å². The van der Waals surface area contributed by atoms with E-state index in [1.165, 1.54) is 6.07 Å². The molecule has 1 aliphatic carbocycles. The maximum absolute atomic E-state index is 12.8. The first-order chi connectivity index (χ1) is 6.59. The molecule has 0 heterocycles. The average molecular weight is 201 g/mol. The molecule has 14 heavy (non-hydrogen) atoms. The van der Waals surface area contributed by atoms with Crippen molar-refractivity contribution < 1.29 is 19.2 Å². The number of benzene rings is 1. The molecule has 0 amide bonds. The number of quaternary nitrogens is 1. The van der Waals surface area contributed by atoms with E-state index in [9.17, 15) is 14.0 Å². The van der Waals surface area contributed by atoms with Crippen LogP contribution in [-0.4, -0.2) is 11.2 Å². The van der Waals surface area contributed by atoms with Gasteiger partial charge in [-0.05, 0) is 17.7 Å². The summed E-state index contributed by atoms with van der Waals surface area (Å²) in [5.41, 5.74) is 0.566. The molecule has 0 aliphatic heterocycles. The van der Waals surface area contributed by atoms with Gasteiger partial charge in [0.15, 0.2) is 11.6 Å². The van der Waals surface area contributed by atoms with E-state index in [1.807, 2.05) is 0 Å². The smallest absolute Gasteiger partial charge is 0.159 e. The summed E-state index contributed by atoms with van der Waals surface area (Å²) in [5, 5.41) is 18.3. The van der Waals surface area contributed by atoms with Gasteiger partial charge < -0.3 is 5.21 Å². The van der Waals surface area contributed by atoms with E-state index in [0.717, 1.165) is 12.1 Å². The highest BCUT2D eigenvalue weighted by Gasteiger charge is 2.44. The molecule has 0 spiro atoms. The van der Waals surface area contributed by atoms with Crippen molar-refractivity contribution in [2.24, 2.45) is 0 Å². The molecule has 2 rings (SSSR count). The molecule has 0 bridgehead atoms. The highest BCUT2D eigenvalue weighted by atomic mass is 19.2. The maximum atomic E-state index is 12.8. The Morgan fingerprint density at radius 2 is 2.07 bits per heavy atom. The van der Waals surface area contributed by atoms with Gasteiger partial charge in [0.05, 0.1) is 0 Å². The Hall–Kier alpha value is -1.04. The molecule has 1 aliphatic rings. The lowest BCUT2D eigenvalue weighted by Gasteiger charge is -2.11.